The van der Waals surface area contributed by atoms with Crippen molar-refractivity contribution in [2.45, 2.75) is 31.6 Å². The molecule has 0 aliphatic rings. The Morgan fingerprint density at radius 3 is 1.73 bits per heavy atom. The molecule has 0 fully saturated rings. The second kappa shape index (κ2) is 4.23. The average Bonchev–Trinajstić information content (AvgIpc) is 2.01. The lowest BCUT2D eigenvalue weighted by Crippen LogP contribution is -2.53. The second-order valence-corrected chi connectivity index (χ2v) is 2.47. The van der Waals surface area contributed by atoms with E-state index in [-0.39, 0.29) is 0 Å². The van der Waals surface area contributed by atoms with Gasteiger partial charge in [-0.25, -0.2) is 8.78 Å². The zero-order valence-corrected chi connectivity index (χ0v) is 7.12. The molecule has 0 amide bonds. The lowest BCUT2D eigenvalue weighted by atomic mass is 10.2. The van der Waals surface area contributed by atoms with E-state index in [1.807, 2.05) is 0 Å². The van der Waals surface area contributed by atoms with E-state index in [9.17, 15) is 35.5 Å². The van der Waals surface area contributed by atoms with E-state index < -0.39 is 30.6 Å². The minimum Gasteiger partial charge on any atom is -0.424 e. The highest BCUT2D eigenvalue weighted by atomic mass is 19.3. The fourth-order valence-corrected chi connectivity index (χ4v) is 0.516. The predicted molar refractivity (Wildman–Crippen MR) is 32.6 cm³/mol. The van der Waals surface area contributed by atoms with E-state index in [0.717, 1.165) is 0 Å². The van der Waals surface area contributed by atoms with Crippen molar-refractivity contribution in [2.24, 2.45) is 0 Å². The van der Waals surface area contributed by atoms with Gasteiger partial charge in [-0.1, -0.05) is 0 Å². The predicted octanol–water partition coefficient (Wildman–Crippen LogP) is 2.38. The highest BCUT2D eigenvalue weighted by Gasteiger charge is 2.69. The van der Waals surface area contributed by atoms with Crippen LogP contribution in [0.15, 0.2) is 0 Å². The molecule has 1 atom stereocenters. The molecule has 0 N–H and O–H groups in total. The largest absolute Gasteiger partial charge is 0.424 e. The van der Waals surface area contributed by atoms with Gasteiger partial charge >= 0.3 is 30.6 Å². The molecule has 0 aliphatic carbocycles. The minimum absolute atomic E-state index is 0.461. The second-order valence-electron chi connectivity index (χ2n) is 2.47. The molecule has 2 nitrogen and oxygen atoms in total. The Hall–Kier alpha value is -1.02. The van der Waals surface area contributed by atoms with Crippen molar-refractivity contribution in [2.75, 3.05) is 0 Å². The zero-order valence-electron chi connectivity index (χ0n) is 7.12. The van der Waals surface area contributed by atoms with Gasteiger partial charge in [0.1, 0.15) is 0 Å². The maximum Gasteiger partial charge on any atom is 0.381 e. The lowest BCUT2D eigenvalue weighted by molar-refractivity contribution is -0.318. The molecule has 0 aromatic carbocycles. The summed E-state index contributed by atoms with van der Waals surface area (Å²) in [5, 5.41) is 0. The molecule has 0 heterocycles. The molecule has 90 valence electrons. The number of hydrogen-bond acceptors (Lipinski definition) is 2. The van der Waals surface area contributed by atoms with Gasteiger partial charge in [-0.3, -0.25) is 4.79 Å². The van der Waals surface area contributed by atoms with E-state index >= 15 is 0 Å². The number of hydrogen-bond donors (Lipinski definition) is 0. The van der Waals surface area contributed by atoms with Crippen LogP contribution in [0.5, 0.6) is 0 Å². The molecule has 0 saturated heterocycles. The molecule has 15 heavy (non-hydrogen) atoms. The van der Waals surface area contributed by atoms with Gasteiger partial charge in [0.2, 0.25) is 0 Å². The molecule has 0 aliphatic heterocycles. The van der Waals surface area contributed by atoms with Gasteiger partial charge in [0.15, 0.2) is 0 Å². The van der Waals surface area contributed by atoms with Gasteiger partial charge in [-0.2, -0.15) is 22.0 Å². The summed E-state index contributed by atoms with van der Waals surface area (Å²) in [5.74, 6) is -13.3. The van der Waals surface area contributed by atoms with E-state index in [2.05, 4.69) is 4.74 Å². The van der Waals surface area contributed by atoms with Gasteiger partial charge in [-0.05, 0) is 0 Å². The number of rotatable bonds is 4. The van der Waals surface area contributed by atoms with E-state index in [4.69, 9.17) is 0 Å². The normalized spacial score (nSPS) is 15.3. The summed E-state index contributed by atoms with van der Waals surface area (Å²) in [7, 11) is 0. The van der Waals surface area contributed by atoms with Crippen molar-refractivity contribution in [1.82, 2.24) is 0 Å². The summed E-state index contributed by atoms with van der Waals surface area (Å²) in [6.45, 7) is 0.461. The molecular formula is C6H5F7O2. The van der Waals surface area contributed by atoms with Crippen molar-refractivity contribution in [3.8, 4) is 0 Å². The van der Waals surface area contributed by atoms with Crippen LogP contribution in [0.3, 0.4) is 0 Å². The molecule has 0 saturated carbocycles. The Morgan fingerprint density at radius 1 is 1.07 bits per heavy atom. The topological polar surface area (TPSA) is 26.3 Å². The molecule has 9 heteroatoms. The molecule has 0 aromatic rings. The monoisotopic (exact) mass is 242 g/mol. The van der Waals surface area contributed by atoms with Gasteiger partial charge in [0.25, 0.3) is 0 Å². The minimum atomic E-state index is -5.91. The quantitative estimate of drug-likeness (QED) is 0.558. The number of carbonyl (C=O) groups is 1. The third-order valence-corrected chi connectivity index (χ3v) is 1.27. The SMILES string of the molecule is CC(=O)OC(F)C(F)(F)C(F)(F)C(F)F. The Morgan fingerprint density at radius 2 is 1.47 bits per heavy atom. The van der Waals surface area contributed by atoms with Gasteiger partial charge < -0.3 is 4.74 Å². The molecule has 0 bridgehead atoms. The molecule has 0 spiro atoms. The summed E-state index contributed by atoms with van der Waals surface area (Å²) in [4.78, 5) is 9.97. The van der Waals surface area contributed by atoms with Crippen molar-refractivity contribution in [3.63, 3.8) is 0 Å². The Kier molecular flexibility index (Phi) is 3.94. The number of esters is 1. The first-order valence-corrected chi connectivity index (χ1v) is 3.38. The third-order valence-electron chi connectivity index (χ3n) is 1.27. The van der Waals surface area contributed by atoms with Crippen molar-refractivity contribution in [3.05, 3.63) is 0 Å². The summed E-state index contributed by atoms with van der Waals surface area (Å²) >= 11 is 0. The van der Waals surface area contributed by atoms with E-state index in [0.29, 0.717) is 6.92 Å². The Balaban J connectivity index is 4.87. The van der Waals surface area contributed by atoms with Crippen LogP contribution >= 0.6 is 0 Å². The highest BCUT2D eigenvalue weighted by Crippen LogP contribution is 2.42. The summed E-state index contributed by atoms with van der Waals surface area (Å²) < 4.78 is 87.1. The van der Waals surface area contributed by atoms with Crippen LogP contribution in [0.4, 0.5) is 30.7 Å². The fraction of sp³-hybridized carbons (Fsp3) is 0.833. The highest BCUT2D eigenvalue weighted by molar-refractivity contribution is 5.66. The van der Waals surface area contributed by atoms with Crippen molar-refractivity contribution >= 4 is 5.97 Å². The first kappa shape index (κ1) is 14.0. The molecule has 0 radical (unpaired) electrons. The number of ether oxygens (including phenoxy) is 1. The molecule has 1 unspecified atom stereocenters. The fourth-order valence-electron chi connectivity index (χ4n) is 0.516. The first-order valence-electron chi connectivity index (χ1n) is 3.38. The molecule has 0 aromatic heterocycles. The van der Waals surface area contributed by atoms with Crippen LogP contribution in [0.1, 0.15) is 6.92 Å². The van der Waals surface area contributed by atoms with Gasteiger partial charge in [0.05, 0.1) is 0 Å². The lowest BCUT2D eigenvalue weighted by Gasteiger charge is -2.27. The van der Waals surface area contributed by atoms with Crippen molar-refractivity contribution < 1.29 is 40.3 Å². The van der Waals surface area contributed by atoms with Crippen LogP contribution in [0, 0.1) is 0 Å². The smallest absolute Gasteiger partial charge is 0.381 e. The maximum atomic E-state index is 12.3. The number of carbonyl (C=O) groups excluding carboxylic acids is 1. The standard InChI is InChI=1S/C6H5F7O2/c1-2(14)15-4(9)6(12,13)5(10,11)3(7)8/h3-4H,1H3. The summed E-state index contributed by atoms with van der Waals surface area (Å²) in [6.07, 6.45) is -8.90. The van der Waals surface area contributed by atoms with E-state index in [1.165, 1.54) is 0 Å². The Labute approximate surface area is 79.0 Å². The van der Waals surface area contributed by atoms with Crippen LogP contribution in [-0.2, 0) is 9.53 Å². The Bertz CT molecular complexity index is 240. The zero-order chi connectivity index (χ0) is 12.4. The molecular weight excluding hydrogens is 237 g/mol. The average molecular weight is 242 g/mol. The van der Waals surface area contributed by atoms with Crippen LogP contribution < -0.4 is 0 Å². The first-order chi connectivity index (χ1) is 6.53. The van der Waals surface area contributed by atoms with Crippen LogP contribution in [-0.4, -0.2) is 30.6 Å². The van der Waals surface area contributed by atoms with Crippen LogP contribution in [0.2, 0.25) is 0 Å². The van der Waals surface area contributed by atoms with E-state index in [1.54, 1.807) is 0 Å². The summed E-state index contributed by atoms with van der Waals surface area (Å²) in [5.41, 5.74) is 0. The van der Waals surface area contributed by atoms with Gasteiger partial charge in [-0.15, -0.1) is 0 Å². The summed E-state index contributed by atoms with van der Waals surface area (Å²) in [6, 6.07) is 0. The number of halogens is 7. The maximum absolute atomic E-state index is 12.3. The molecule has 0 rings (SSSR count). The van der Waals surface area contributed by atoms with Gasteiger partial charge in [0, 0.05) is 6.92 Å². The number of alkyl halides is 7. The van der Waals surface area contributed by atoms with Crippen molar-refractivity contribution in [1.29, 1.82) is 0 Å². The van der Waals surface area contributed by atoms with Crippen LogP contribution in [0.25, 0.3) is 0 Å². The third kappa shape index (κ3) is 2.72.